The second-order valence-corrected chi connectivity index (χ2v) is 7.19. The van der Waals surface area contributed by atoms with Crippen molar-refractivity contribution in [2.24, 2.45) is 0 Å². The monoisotopic (exact) mass is 372 g/mol. The number of sulfonamides is 1. The van der Waals surface area contributed by atoms with Crippen molar-refractivity contribution < 1.29 is 26.4 Å². The van der Waals surface area contributed by atoms with Crippen LogP contribution in [-0.2, 0) is 14.8 Å². The Morgan fingerprint density at radius 2 is 1.76 bits per heavy atom. The zero-order valence-corrected chi connectivity index (χ0v) is 14.1. The Bertz CT molecular complexity index is 903. The molecule has 0 fully saturated rings. The van der Waals surface area contributed by atoms with Crippen LogP contribution < -0.4 is 9.62 Å². The van der Waals surface area contributed by atoms with Crippen LogP contribution in [0.1, 0.15) is 6.92 Å². The summed E-state index contributed by atoms with van der Waals surface area (Å²) in [7, 11) is -3.98. The summed E-state index contributed by atoms with van der Waals surface area (Å²) < 4.78 is 64.5. The van der Waals surface area contributed by atoms with Gasteiger partial charge in [0.2, 0.25) is 15.9 Å². The van der Waals surface area contributed by atoms with Crippen molar-refractivity contribution in [1.29, 1.82) is 0 Å². The quantitative estimate of drug-likeness (QED) is 0.878. The van der Waals surface area contributed by atoms with Gasteiger partial charge in [0.15, 0.2) is 11.6 Å². The van der Waals surface area contributed by atoms with E-state index in [2.05, 4.69) is 5.32 Å². The molecule has 0 heterocycles. The number of carbonyl (C=O) groups is 1. The van der Waals surface area contributed by atoms with Crippen LogP contribution in [-0.4, -0.2) is 26.6 Å². The van der Waals surface area contributed by atoms with E-state index in [1.807, 2.05) is 0 Å². The Morgan fingerprint density at radius 1 is 1.08 bits per heavy atom. The Labute approximate surface area is 143 Å². The van der Waals surface area contributed by atoms with Crippen molar-refractivity contribution >= 4 is 27.3 Å². The van der Waals surface area contributed by atoms with Gasteiger partial charge in [-0.2, -0.15) is 0 Å². The molecule has 0 bridgehead atoms. The Hall–Kier alpha value is -2.55. The van der Waals surface area contributed by atoms with Crippen LogP contribution >= 0.6 is 0 Å². The lowest BCUT2D eigenvalue weighted by atomic mass is 10.2. The lowest BCUT2D eigenvalue weighted by Gasteiger charge is -2.28. The number of hydrogen-bond donors (Lipinski definition) is 1. The SMILES string of the molecule is CC(C(=O)Nc1cccc(F)c1)N(c1ccc(F)c(F)c1)S(C)(=O)=O. The van der Waals surface area contributed by atoms with Gasteiger partial charge in [-0.1, -0.05) is 6.07 Å². The highest BCUT2D eigenvalue weighted by molar-refractivity contribution is 7.92. The maximum Gasteiger partial charge on any atom is 0.247 e. The summed E-state index contributed by atoms with van der Waals surface area (Å²) in [6.45, 7) is 1.27. The molecule has 0 saturated heterocycles. The first-order valence-corrected chi connectivity index (χ1v) is 8.95. The first-order valence-electron chi connectivity index (χ1n) is 7.10. The lowest BCUT2D eigenvalue weighted by Crippen LogP contribution is -2.45. The number of halogens is 3. The third-order valence-corrected chi connectivity index (χ3v) is 4.58. The van der Waals surface area contributed by atoms with E-state index >= 15 is 0 Å². The maximum atomic E-state index is 13.4. The van der Waals surface area contributed by atoms with Crippen molar-refractivity contribution in [3.63, 3.8) is 0 Å². The van der Waals surface area contributed by atoms with E-state index in [0.29, 0.717) is 10.4 Å². The van der Waals surface area contributed by atoms with Crippen LogP contribution in [0.5, 0.6) is 0 Å². The minimum absolute atomic E-state index is 0.135. The summed E-state index contributed by atoms with van der Waals surface area (Å²) >= 11 is 0. The second kappa shape index (κ2) is 7.14. The molecule has 1 atom stereocenters. The number of rotatable bonds is 5. The van der Waals surface area contributed by atoms with Gasteiger partial charge in [-0.15, -0.1) is 0 Å². The van der Waals surface area contributed by atoms with E-state index in [1.165, 1.54) is 25.1 Å². The number of nitrogens with zero attached hydrogens (tertiary/aromatic N) is 1. The predicted molar refractivity (Wildman–Crippen MR) is 88.2 cm³/mol. The highest BCUT2D eigenvalue weighted by Gasteiger charge is 2.29. The van der Waals surface area contributed by atoms with E-state index < -0.39 is 39.4 Å². The molecule has 2 aromatic rings. The molecule has 1 N–H and O–H groups in total. The molecule has 0 spiro atoms. The van der Waals surface area contributed by atoms with Crippen LogP contribution in [0, 0.1) is 17.5 Å². The Morgan fingerprint density at radius 3 is 2.32 bits per heavy atom. The van der Waals surface area contributed by atoms with Crippen molar-refractivity contribution in [2.45, 2.75) is 13.0 Å². The third kappa shape index (κ3) is 4.50. The molecule has 0 saturated carbocycles. The number of benzene rings is 2. The number of amides is 1. The summed E-state index contributed by atoms with van der Waals surface area (Å²) in [4.78, 5) is 12.3. The van der Waals surface area contributed by atoms with E-state index in [9.17, 15) is 26.4 Å². The number of nitrogens with one attached hydrogen (secondary N) is 1. The van der Waals surface area contributed by atoms with Gasteiger partial charge in [0.1, 0.15) is 11.9 Å². The van der Waals surface area contributed by atoms with Gasteiger partial charge in [0.05, 0.1) is 11.9 Å². The molecule has 1 amide bonds. The van der Waals surface area contributed by atoms with Crippen LogP contribution in [0.2, 0.25) is 0 Å². The molecule has 0 aliphatic rings. The van der Waals surface area contributed by atoms with Crippen LogP contribution in [0.15, 0.2) is 42.5 Å². The molecular formula is C16H15F3N2O3S. The van der Waals surface area contributed by atoms with Gasteiger partial charge in [-0.05, 0) is 37.3 Å². The van der Waals surface area contributed by atoms with E-state index in [4.69, 9.17) is 0 Å². The van der Waals surface area contributed by atoms with Crippen molar-refractivity contribution in [3.8, 4) is 0 Å². The largest absolute Gasteiger partial charge is 0.324 e. The van der Waals surface area contributed by atoms with E-state index in [0.717, 1.165) is 24.5 Å². The molecule has 9 heteroatoms. The molecular weight excluding hydrogens is 357 g/mol. The molecule has 2 rings (SSSR count). The summed E-state index contributed by atoms with van der Waals surface area (Å²) in [5.74, 6) is -3.73. The topological polar surface area (TPSA) is 66.5 Å². The smallest absolute Gasteiger partial charge is 0.247 e. The lowest BCUT2D eigenvalue weighted by molar-refractivity contribution is -0.116. The van der Waals surface area contributed by atoms with Gasteiger partial charge in [0.25, 0.3) is 0 Å². The Kier molecular flexibility index (Phi) is 5.36. The summed E-state index contributed by atoms with van der Waals surface area (Å²) in [5.41, 5.74) is -0.0705. The van der Waals surface area contributed by atoms with Crippen LogP contribution in [0.4, 0.5) is 24.5 Å². The molecule has 1 unspecified atom stereocenters. The normalized spacial score (nSPS) is 12.5. The number of carbonyl (C=O) groups excluding carboxylic acids is 1. The van der Waals surface area contributed by atoms with E-state index in [1.54, 1.807) is 0 Å². The number of hydrogen-bond acceptors (Lipinski definition) is 3. The van der Waals surface area contributed by atoms with Gasteiger partial charge in [-0.25, -0.2) is 21.6 Å². The average Bonchev–Trinajstić information content (AvgIpc) is 2.49. The van der Waals surface area contributed by atoms with Gasteiger partial charge < -0.3 is 5.32 Å². The second-order valence-electron chi connectivity index (χ2n) is 5.33. The molecule has 25 heavy (non-hydrogen) atoms. The van der Waals surface area contributed by atoms with Gasteiger partial charge in [0, 0.05) is 11.8 Å². The first-order chi connectivity index (χ1) is 11.6. The maximum absolute atomic E-state index is 13.4. The summed E-state index contributed by atoms with van der Waals surface area (Å²) in [5, 5.41) is 2.38. The highest BCUT2D eigenvalue weighted by atomic mass is 32.2. The average molecular weight is 372 g/mol. The zero-order valence-electron chi connectivity index (χ0n) is 13.3. The summed E-state index contributed by atoms with van der Waals surface area (Å²) in [6.07, 6.45) is 0.834. The fourth-order valence-corrected chi connectivity index (χ4v) is 3.41. The van der Waals surface area contributed by atoms with Crippen molar-refractivity contribution in [2.75, 3.05) is 15.9 Å². The summed E-state index contributed by atoms with van der Waals surface area (Å²) in [6, 6.07) is 6.25. The van der Waals surface area contributed by atoms with Crippen molar-refractivity contribution in [1.82, 2.24) is 0 Å². The zero-order chi connectivity index (χ0) is 18.8. The Balaban J connectivity index is 2.34. The predicted octanol–water partition coefficient (Wildman–Crippen LogP) is 2.90. The third-order valence-electron chi connectivity index (χ3n) is 3.34. The van der Waals surface area contributed by atoms with E-state index in [-0.39, 0.29) is 11.4 Å². The van der Waals surface area contributed by atoms with Crippen LogP contribution in [0.25, 0.3) is 0 Å². The molecule has 0 aromatic heterocycles. The van der Waals surface area contributed by atoms with Crippen LogP contribution in [0.3, 0.4) is 0 Å². The molecule has 0 radical (unpaired) electrons. The van der Waals surface area contributed by atoms with Gasteiger partial charge >= 0.3 is 0 Å². The first kappa shape index (κ1) is 18.8. The minimum atomic E-state index is -3.98. The standard InChI is InChI=1S/C16H15F3N2O3S/c1-10(16(22)20-12-5-3-4-11(17)8-12)21(25(2,23)24)13-6-7-14(18)15(19)9-13/h3-10H,1-2H3,(H,20,22). The fourth-order valence-electron chi connectivity index (χ4n) is 2.24. The number of anilines is 2. The fraction of sp³-hybridized carbons (Fsp3) is 0.188. The molecule has 0 aliphatic carbocycles. The molecule has 2 aromatic carbocycles. The minimum Gasteiger partial charge on any atom is -0.324 e. The molecule has 5 nitrogen and oxygen atoms in total. The van der Waals surface area contributed by atoms with Crippen molar-refractivity contribution in [3.05, 3.63) is 59.9 Å². The van der Waals surface area contributed by atoms with Gasteiger partial charge in [-0.3, -0.25) is 9.10 Å². The highest BCUT2D eigenvalue weighted by Crippen LogP contribution is 2.23. The molecule has 134 valence electrons. The molecule has 0 aliphatic heterocycles.